The molecule has 70 valence electrons. The van der Waals surface area contributed by atoms with E-state index in [1.54, 1.807) is 13.8 Å². The van der Waals surface area contributed by atoms with Gasteiger partial charge in [-0.15, -0.1) is 0 Å². The van der Waals surface area contributed by atoms with Gasteiger partial charge < -0.3 is 10.1 Å². The number of aromatic nitrogens is 1. The second kappa shape index (κ2) is 3.05. The monoisotopic (exact) mass is 181 g/mol. The van der Waals surface area contributed by atoms with E-state index in [0.29, 0.717) is 17.0 Å². The number of carboxylic acid groups (broad SMARTS) is 1. The molecule has 0 saturated heterocycles. The molecule has 13 heavy (non-hydrogen) atoms. The van der Waals surface area contributed by atoms with Gasteiger partial charge >= 0.3 is 5.97 Å². The van der Waals surface area contributed by atoms with Gasteiger partial charge in [-0.3, -0.25) is 4.79 Å². The minimum Gasteiger partial charge on any atom is -0.478 e. The van der Waals surface area contributed by atoms with Crippen LogP contribution in [0.25, 0.3) is 0 Å². The third-order valence-corrected chi connectivity index (χ3v) is 2.00. The lowest BCUT2D eigenvalue weighted by molar-refractivity contribution is 0.0695. The van der Waals surface area contributed by atoms with Crippen molar-refractivity contribution in [2.24, 2.45) is 0 Å². The van der Waals surface area contributed by atoms with Crippen LogP contribution in [0.3, 0.4) is 0 Å². The van der Waals surface area contributed by atoms with Gasteiger partial charge in [0.05, 0.1) is 11.3 Å². The summed E-state index contributed by atoms with van der Waals surface area (Å²) in [6, 6.07) is 0. The first-order chi connectivity index (χ1) is 5.95. The number of ketones is 1. The Morgan fingerprint density at radius 3 is 2.08 bits per heavy atom. The standard InChI is InChI=1S/C9H11NO3/c1-4-7(9(12)13)5(2)10-8(4)6(3)11/h10H,1-3H3,(H,12,13). The number of rotatable bonds is 2. The van der Waals surface area contributed by atoms with E-state index in [-0.39, 0.29) is 11.3 Å². The zero-order valence-corrected chi connectivity index (χ0v) is 7.76. The number of carboxylic acids is 1. The molecule has 2 N–H and O–H groups in total. The van der Waals surface area contributed by atoms with Gasteiger partial charge in [0.15, 0.2) is 5.78 Å². The summed E-state index contributed by atoms with van der Waals surface area (Å²) in [5, 5.41) is 8.81. The first kappa shape index (κ1) is 9.51. The molecular weight excluding hydrogens is 170 g/mol. The van der Waals surface area contributed by atoms with Crippen molar-refractivity contribution in [2.45, 2.75) is 20.8 Å². The van der Waals surface area contributed by atoms with Crippen LogP contribution in [0.4, 0.5) is 0 Å². The van der Waals surface area contributed by atoms with Gasteiger partial charge in [-0.1, -0.05) is 0 Å². The summed E-state index contributed by atoms with van der Waals surface area (Å²) in [6.07, 6.45) is 0. The molecule has 4 heteroatoms. The molecule has 0 aliphatic rings. The number of H-pyrrole nitrogens is 1. The van der Waals surface area contributed by atoms with E-state index >= 15 is 0 Å². The molecule has 0 aliphatic carbocycles. The Hall–Kier alpha value is -1.58. The Morgan fingerprint density at radius 1 is 1.31 bits per heavy atom. The number of aryl methyl sites for hydroxylation is 1. The topological polar surface area (TPSA) is 70.2 Å². The van der Waals surface area contributed by atoms with Crippen LogP contribution < -0.4 is 0 Å². The number of aromatic carboxylic acids is 1. The maximum Gasteiger partial charge on any atom is 0.337 e. The molecule has 0 atom stereocenters. The van der Waals surface area contributed by atoms with Crippen molar-refractivity contribution in [3.63, 3.8) is 0 Å². The fraction of sp³-hybridized carbons (Fsp3) is 0.333. The summed E-state index contributed by atoms with van der Waals surface area (Å²) in [5.41, 5.74) is 1.62. The smallest absolute Gasteiger partial charge is 0.337 e. The van der Waals surface area contributed by atoms with Gasteiger partial charge in [0.2, 0.25) is 0 Å². The van der Waals surface area contributed by atoms with Crippen LogP contribution in [-0.4, -0.2) is 21.8 Å². The zero-order valence-electron chi connectivity index (χ0n) is 7.76. The molecule has 0 unspecified atom stereocenters. The fourth-order valence-electron chi connectivity index (χ4n) is 1.42. The molecule has 1 heterocycles. The van der Waals surface area contributed by atoms with Crippen LogP contribution in [0.2, 0.25) is 0 Å². The molecule has 4 nitrogen and oxygen atoms in total. The average Bonchev–Trinajstić information content (AvgIpc) is 2.26. The van der Waals surface area contributed by atoms with Gasteiger partial charge in [-0.05, 0) is 19.4 Å². The second-order valence-corrected chi connectivity index (χ2v) is 2.99. The Labute approximate surface area is 75.6 Å². The van der Waals surface area contributed by atoms with Crippen molar-refractivity contribution in [1.82, 2.24) is 4.98 Å². The number of aromatic amines is 1. The summed E-state index contributed by atoms with van der Waals surface area (Å²) in [5.74, 6) is -1.15. The van der Waals surface area contributed by atoms with Crippen LogP contribution in [0.5, 0.6) is 0 Å². The molecule has 0 amide bonds. The zero-order chi connectivity index (χ0) is 10.2. The van der Waals surface area contributed by atoms with Crippen molar-refractivity contribution in [3.8, 4) is 0 Å². The van der Waals surface area contributed by atoms with Gasteiger partial charge in [-0.25, -0.2) is 4.79 Å². The Morgan fingerprint density at radius 2 is 1.85 bits per heavy atom. The highest BCUT2D eigenvalue weighted by molar-refractivity contribution is 5.99. The van der Waals surface area contributed by atoms with E-state index in [4.69, 9.17) is 5.11 Å². The van der Waals surface area contributed by atoms with E-state index in [1.807, 2.05) is 0 Å². The first-order valence-electron chi connectivity index (χ1n) is 3.88. The molecule has 0 aromatic carbocycles. The number of hydrogen-bond acceptors (Lipinski definition) is 2. The predicted octanol–water partition coefficient (Wildman–Crippen LogP) is 1.53. The average molecular weight is 181 g/mol. The molecule has 0 spiro atoms. The maximum absolute atomic E-state index is 11.0. The molecule has 1 aromatic rings. The largest absolute Gasteiger partial charge is 0.478 e. The van der Waals surface area contributed by atoms with Gasteiger partial charge in [0.25, 0.3) is 0 Å². The van der Waals surface area contributed by atoms with Crippen molar-refractivity contribution >= 4 is 11.8 Å². The van der Waals surface area contributed by atoms with Gasteiger partial charge in [0, 0.05) is 12.6 Å². The Balaban J connectivity index is 3.39. The molecular formula is C9H11NO3. The van der Waals surface area contributed by atoms with Crippen LogP contribution >= 0.6 is 0 Å². The number of carbonyl (C=O) groups excluding carboxylic acids is 1. The molecule has 0 fully saturated rings. The molecule has 0 radical (unpaired) electrons. The molecule has 1 rings (SSSR count). The summed E-state index contributed by atoms with van der Waals surface area (Å²) in [6.45, 7) is 4.68. The van der Waals surface area contributed by atoms with E-state index in [9.17, 15) is 9.59 Å². The Bertz CT molecular complexity index is 376. The maximum atomic E-state index is 11.0. The third kappa shape index (κ3) is 1.47. The van der Waals surface area contributed by atoms with Crippen molar-refractivity contribution < 1.29 is 14.7 Å². The SMILES string of the molecule is CC(=O)c1[nH]c(C)c(C(=O)O)c1C. The summed E-state index contributed by atoms with van der Waals surface area (Å²) >= 11 is 0. The van der Waals surface area contributed by atoms with Crippen LogP contribution in [0, 0.1) is 13.8 Å². The minimum atomic E-state index is -1.00. The number of Topliss-reactive ketones (excluding diaryl/α,β-unsaturated/α-hetero) is 1. The normalized spacial score (nSPS) is 10.1. The van der Waals surface area contributed by atoms with Crippen molar-refractivity contribution in [1.29, 1.82) is 0 Å². The second-order valence-electron chi connectivity index (χ2n) is 2.99. The predicted molar refractivity (Wildman–Crippen MR) is 47.2 cm³/mol. The number of hydrogen-bond donors (Lipinski definition) is 2. The number of carbonyl (C=O) groups is 2. The first-order valence-corrected chi connectivity index (χ1v) is 3.88. The summed E-state index contributed by atoms with van der Waals surface area (Å²) < 4.78 is 0. The summed E-state index contributed by atoms with van der Waals surface area (Å²) in [7, 11) is 0. The lowest BCUT2D eigenvalue weighted by Crippen LogP contribution is -2.00. The van der Waals surface area contributed by atoms with Crippen LogP contribution in [0.15, 0.2) is 0 Å². The quantitative estimate of drug-likeness (QED) is 0.680. The minimum absolute atomic E-state index is 0.145. The highest BCUT2D eigenvalue weighted by Crippen LogP contribution is 2.17. The number of nitrogens with one attached hydrogen (secondary N) is 1. The molecule has 0 aliphatic heterocycles. The van der Waals surface area contributed by atoms with Crippen molar-refractivity contribution in [2.75, 3.05) is 0 Å². The van der Waals surface area contributed by atoms with E-state index in [2.05, 4.69) is 4.98 Å². The third-order valence-electron chi connectivity index (χ3n) is 2.00. The lowest BCUT2D eigenvalue weighted by atomic mass is 10.1. The molecule has 0 saturated carbocycles. The highest BCUT2D eigenvalue weighted by Gasteiger charge is 2.18. The van der Waals surface area contributed by atoms with Crippen LogP contribution in [-0.2, 0) is 0 Å². The van der Waals surface area contributed by atoms with E-state index in [0.717, 1.165) is 0 Å². The summed E-state index contributed by atoms with van der Waals surface area (Å²) in [4.78, 5) is 24.5. The van der Waals surface area contributed by atoms with Crippen molar-refractivity contribution in [3.05, 3.63) is 22.5 Å². The molecule has 1 aromatic heterocycles. The lowest BCUT2D eigenvalue weighted by Gasteiger charge is -1.93. The fourth-order valence-corrected chi connectivity index (χ4v) is 1.42. The highest BCUT2D eigenvalue weighted by atomic mass is 16.4. The van der Waals surface area contributed by atoms with E-state index < -0.39 is 5.97 Å². The van der Waals surface area contributed by atoms with E-state index in [1.165, 1.54) is 6.92 Å². The van der Waals surface area contributed by atoms with Crippen LogP contribution in [0.1, 0.15) is 39.0 Å². The Kier molecular flexibility index (Phi) is 2.23. The molecule has 0 bridgehead atoms. The van der Waals surface area contributed by atoms with Gasteiger partial charge in [0.1, 0.15) is 0 Å². The van der Waals surface area contributed by atoms with Gasteiger partial charge in [-0.2, -0.15) is 0 Å².